The number of nitrogens with zero attached hydrogens (tertiary/aromatic N) is 2. The molecule has 1 aliphatic heterocycles. The molecule has 5 nitrogen and oxygen atoms in total. The van der Waals surface area contributed by atoms with Gasteiger partial charge in [0.25, 0.3) is 0 Å². The van der Waals surface area contributed by atoms with E-state index >= 15 is 0 Å². The van der Waals surface area contributed by atoms with E-state index in [1.807, 2.05) is 0 Å². The predicted octanol–water partition coefficient (Wildman–Crippen LogP) is 1.46. The standard InChI is InChI=1S/C16H21FN2O3/c1-12(20)18-6-3-7-19(9-8-18)16(21)11-13-4-5-15(22-2)14(17)10-13/h4-5,10H,3,6-9,11H2,1-2H3. The Morgan fingerprint density at radius 3 is 2.50 bits per heavy atom. The first kappa shape index (κ1) is 16.3. The van der Waals surface area contributed by atoms with E-state index in [0.717, 1.165) is 6.42 Å². The van der Waals surface area contributed by atoms with E-state index in [4.69, 9.17) is 4.74 Å². The Balaban J connectivity index is 1.97. The van der Waals surface area contributed by atoms with E-state index in [-0.39, 0.29) is 24.0 Å². The second-order valence-corrected chi connectivity index (χ2v) is 5.39. The van der Waals surface area contributed by atoms with Gasteiger partial charge in [0.1, 0.15) is 0 Å². The molecule has 0 bridgehead atoms. The van der Waals surface area contributed by atoms with Gasteiger partial charge in [-0.25, -0.2) is 4.39 Å². The molecule has 1 aromatic carbocycles. The third kappa shape index (κ3) is 3.96. The molecular formula is C16H21FN2O3. The molecule has 2 amide bonds. The Morgan fingerprint density at radius 2 is 1.86 bits per heavy atom. The molecule has 120 valence electrons. The van der Waals surface area contributed by atoms with E-state index in [0.29, 0.717) is 31.7 Å². The lowest BCUT2D eigenvalue weighted by atomic mass is 10.1. The van der Waals surface area contributed by atoms with Gasteiger partial charge < -0.3 is 14.5 Å². The maximum atomic E-state index is 13.7. The van der Waals surface area contributed by atoms with Crippen molar-refractivity contribution in [3.8, 4) is 5.75 Å². The van der Waals surface area contributed by atoms with Gasteiger partial charge in [-0.05, 0) is 24.1 Å². The molecule has 0 atom stereocenters. The minimum atomic E-state index is -0.466. The van der Waals surface area contributed by atoms with Gasteiger partial charge in [-0.1, -0.05) is 6.07 Å². The predicted molar refractivity (Wildman–Crippen MR) is 80.1 cm³/mol. The zero-order valence-corrected chi connectivity index (χ0v) is 13.0. The number of carbonyl (C=O) groups excluding carboxylic acids is 2. The molecule has 1 fully saturated rings. The summed E-state index contributed by atoms with van der Waals surface area (Å²) in [4.78, 5) is 27.2. The number of amides is 2. The van der Waals surface area contributed by atoms with Crippen LogP contribution in [0.4, 0.5) is 4.39 Å². The molecule has 0 spiro atoms. The van der Waals surface area contributed by atoms with Crippen LogP contribution in [-0.2, 0) is 16.0 Å². The SMILES string of the molecule is COc1ccc(CC(=O)N2CCCN(C(C)=O)CC2)cc1F. The first-order chi connectivity index (χ1) is 10.5. The molecule has 1 aliphatic rings. The molecule has 0 aliphatic carbocycles. The van der Waals surface area contributed by atoms with Gasteiger partial charge in [0.15, 0.2) is 11.6 Å². The van der Waals surface area contributed by atoms with E-state index in [2.05, 4.69) is 0 Å². The second-order valence-electron chi connectivity index (χ2n) is 5.39. The number of ether oxygens (including phenoxy) is 1. The van der Waals surface area contributed by atoms with Crippen LogP contribution in [-0.4, -0.2) is 54.9 Å². The number of halogens is 1. The number of benzene rings is 1. The van der Waals surface area contributed by atoms with Crippen LogP contribution in [0.25, 0.3) is 0 Å². The fraction of sp³-hybridized carbons (Fsp3) is 0.500. The fourth-order valence-electron chi connectivity index (χ4n) is 2.59. The summed E-state index contributed by atoms with van der Waals surface area (Å²) in [6.45, 7) is 3.92. The van der Waals surface area contributed by atoms with Crippen LogP contribution < -0.4 is 4.74 Å². The van der Waals surface area contributed by atoms with Crippen LogP contribution in [0, 0.1) is 5.82 Å². The van der Waals surface area contributed by atoms with Crippen molar-refractivity contribution in [3.05, 3.63) is 29.6 Å². The lowest BCUT2D eigenvalue weighted by Gasteiger charge is -2.21. The quantitative estimate of drug-likeness (QED) is 0.849. The van der Waals surface area contributed by atoms with Gasteiger partial charge in [-0.15, -0.1) is 0 Å². The summed E-state index contributed by atoms with van der Waals surface area (Å²) >= 11 is 0. The molecule has 0 unspecified atom stereocenters. The molecule has 1 saturated heterocycles. The monoisotopic (exact) mass is 308 g/mol. The highest BCUT2D eigenvalue weighted by molar-refractivity contribution is 5.79. The van der Waals surface area contributed by atoms with E-state index in [1.54, 1.807) is 15.9 Å². The van der Waals surface area contributed by atoms with E-state index in [9.17, 15) is 14.0 Å². The summed E-state index contributed by atoms with van der Waals surface area (Å²) in [5.41, 5.74) is 0.621. The highest BCUT2D eigenvalue weighted by atomic mass is 19.1. The Morgan fingerprint density at radius 1 is 1.18 bits per heavy atom. The van der Waals surface area contributed by atoms with Gasteiger partial charge in [0, 0.05) is 33.1 Å². The van der Waals surface area contributed by atoms with Crippen LogP contribution in [0.5, 0.6) is 5.75 Å². The molecule has 6 heteroatoms. The molecule has 0 N–H and O–H groups in total. The summed E-state index contributed by atoms with van der Waals surface area (Å²) in [5.74, 6) is -0.309. The molecule has 2 rings (SSSR count). The third-order valence-corrected chi connectivity index (χ3v) is 3.87. The lowest BCUT2D eigenvalue weighted by Crippen LogP contribution is -2.37. The first-order valence-corrected chi connectivity index (χ1v) is 7.37. The highest BCUT2D eigenvalue weighted by Gasteiger charge is 2.20. The normalized spacial score (nSPS) is 15.4. The minimum Gasteiger partial charge on any atom is -0.494 e. The van der Waals surface area contributed by atoms with Crippen molar-refractivity contribution in [2.75, 3.05) is 33.3 Å². The van der Waals surface area contributed by atoms with Crippen molar-refractivity contribution < 1.29 is 18.7 Å². The highest BCUT2D eigenvalue weighted by Crippen LogP contribution is 2.18. The maximum absolute atomic E-state index is 13.7. The third-order valence-electron chi connectivity index (χ3n) is 3.87. The number of rotatable bonds is 3. The average Bonchev–Trinajstić information content (AvgIpc) is 2.73. The van der Waals surface area contributed by atoms with Crippen LogP contribution in [0.1, 0.15) is 18.9 Å². The Hall–Kier alpha value is -2.11. The molecule has 0 saturated carbocycles. The smallest absolute Gasteiger partial charge is 0.227 e. The minimum absolute atomic E-state index is 0.0338. The Kier molecular flexibility index (Phi) is 5.35. The fourth-order valence-corrected chi connectivity index (χ4v) is 2.59. The van der Waals surface area contributed by atoms with E-state index in [1.165, 1.54) is 26.2 Å². The molecule has 0 aromatic heterocycles. The molecule has 0 radical (unpaired) electrons. The molecular weight excluding hydrogens is 287 g/mol. The van der Waals surface area contributed by atoms with Crippen LogP contribution in [0.15, 0.2) is 18.2 Å². The maximum Gasteiger partial charge on any atom is 0.227 e. The van der Waals surface area contributed by atoms with Crippen molar-refractivity contribution in [2.24, 2.45) is 0 Å². The van der Waals surface area contributed by atoms with Crippen LogP contribution >= 0.6 is 0 Å². The average molecular weight is 308 g/mol. The van der Waals surface area contributed by atoms with E-state index < -0.39 is 5.82 Å². The lowest BCUT2D eigenvalue weighted by molar-refractivity contribution is -0.132. The van der Waals surface area contributed by atoms with Gasteiger partial charge >= 0.3 is 0 Å². The van der Waals surface area contributed by atoms with Crippen molar-refractivity contribution in [2.45, 2.75) is 19.8 Å². The topological polar surface area (TPSA) is 49.9 Å². The molecule has 1 heterocycles. The largest absolute Gasteiger partial charge is 0.494 e. The molecule has 1 aromatic rings. The number of carbonyl (C=O) groups is 2. The Labute approximate surface area is 129 Å². The van der Waals surface area contributed by atoms with Crippen molar-refractivity contribution in [3.63, 3.8) is 0 Å². The van der Waals surface area contributed by atoms with Gasteiger partial charge in [0.2, 0.25) is 11.8 Å². The van der Waals surface area contributed by atoms with Gasteiger partial charge in [-0.3, -0.25) is 9.59 Å². The van der Waals surface area contributed by atoms with Crippen LogP contribution in [0.3, 0.4) is 0 Å². The van der Waals surface area contributed by atoms with Crippen molar-refractivity contribution in [1.82, 2.24) is 9.80 Å². The summed E-state index contributed by atoms with van der Waals surface area (Å²) in [6, 6.07) is 4.55. The zero-order chi connectivity index (χ0) is 16.1. The van der Waals surface area contributed by atoms with Crippen molar-refractivity contribution in [1.29, 1.82) is 0 Å². The number of hydrogen-bond donors (Lipinski definition) is 0. The number of hydrogen-bond acceptors (Lipinski definition) is 3. The summed E-state index contributed by atoms with van der Waals surface area (Å²) in [7, 11) is 1.40. The second kappa shape index (κ2) is 7.24. The number of methoxy groups -OCH3 is 1. The first-order valence-electron chi connectivity index (χ1n) is 7.37. The van der Waals surface area contributed by atoms with Gasteiger partial charge in [0.05, 0.1) is 13.5 Å². The Bertz CT molecular complexity index is 562. The zero-order valence-electron chi connectivity index (χ0n) is 13.0. The summed E-state index contributed by atoms with van der Waals surface area (Å²) in [5, 5.41) is 0. The van der Waals surface area contributed by atoms with Crippen LogP contribution in [0.2, 0.25) is 0 Å². The van der Waals surface area contributed by atoms with Crippen molar-refractivity contribution >= 4 is 11.8 Å². The molecule has 22 heavy (non-hydrogen) atoms. The van der Waals surface area contributed by atoms with Gasteiger partial charge in [-0.2, -0.15) is 0 Å². The summed E-state index contributed by atoms with van der Waals surface area (Å²) < 4.78 is 18.5. The summed E-state index contributed by atoms with van der Waals surface area (Å²) in [6.07, 6.45) is 0.920.